The van der Waals surface area contributed by atoms with Gasteiger partial charge in [0.05, 0.1) is 7.11 Å². The second-order valence-electron chi connectivity index (χ2n) is 1.44. The third-order valence-corrected chi connectivity index (χ3v) is 0.809. The van der Waals surface area contributed by atoms with Crippen LogP contribution < -0.4 is 5.73 Å². The predicted octanol–water partition coefficient (Wildman–Crippen LogP) is -1.13. The molecule has 0 aliphatic rings. The van der Waals surface area contributed by atoms with Gasteiger partial charge in [0, 0.05) is 0 Å². The minimum absolute atomic E-state index is 0.977. The molecule has 10 heavy (non-hydrogen) atoms. The highest BCUT2D eigenvalue weighted by molar-refractivity contribution is 6.02. The number of esters is 1. The van der Waals surface area contributed by atoms with E-state index in [-0.39, 0.29) is 0 Å². The van der Waals surface area contributed by atoms with Crippen LogP contribution in [-0.2, 0) is 14.3 Å². The molecule has 0 saturated carbocycles. The van der Waals surface area contributed by atoms with Crippen LogP contribution in [0.2, 0.25) is 0 Å². The second-order valence-corrected chi connectivity index (χ2v) is 1.44. The fraction of sp³-hybridized carbons (Fsp3) is 0.500. The molecule has 6 heteroatoms. The summed E-state index contributed by atoms with van der Waals surface area (Å²) < 4.78 is 4.07. The Bertz CT molecular complexity index is 194. The summed E-state index contributed by atoms with van der Waals surface area (Å²) in [6.45, 7) is 0. The zero-order valence-electron chi connectivity index (χ0n) is 5.27. The lowest BCUT2D eigenvalue weighted by Gasteiger charge is -1.90. The summed E-state index contributed by atoms with van der Waals surface area (Å²) in [5.74, 6) is -2.02. The third kappa shape index (κ3) is 1.70. The van der Waals surface area contributed by atoms with Crippen LogP contribution in [0, 0.1) is 5.39 Å². The van der Waals surface area contributed by atoms with Crippen molar-refractivity contribution in [1.82, 2.24) is 0 Å². The van der Waals surface area contributed by atoms with Crippen molar-refractivity contribution < 1.29 is 14.3 Å². The van der Waals surface area contributed by atoms with E-state index >= 15 is 0 Å². The molecule has 54 valence electrons. The summed E-state index contributed by atoms with van der Waals surface area (Å²) in [6, 6.07) is -1.61. The van der Waals surface area contributed by atoms with Crippen LogP contribution >= 0.6 is 0 Å². The van der Waals surface area contributed by atoms with Crippen molar-refractivity contribution in [2.75, 3.05) is 7.11 Å². The highest BCUT2D eigenvalue weighted by Gasteiger charge is 2.38. The van der Waals surface area contributed by atoms with Crippen LogP contribution in [0.1, 0.15) is 0 Å². The first-order valence-electron chi connectivity index (χ1n) is 2.34. The van der Waals surface area contributed by atoms with Crippen LogP contribution in [0.25, 0.3) is 4.98 Å². The fourth-order valence-corrected chi connectivity index (χ4v) is 0.332. The molecule has 0 aliphatic heterocycles. The van der Waals surface area contributed by atoms with Crippen LogP contribution in [-0.4, -0.2) is 25.0 Å². The predicted molar refractivity (Wildman–Crippen MR) is 30.1 cm³/mol. The number of amides is 1. The van der Waals surface area contributed by atoms with Crippen LogP contribution in [0.15, 0.2) is 0 Å². The molecule has 0 spiro atoms. The number of primary amides is 1. The summed E-state index contributed by atoms with van der Waals surface area (Å²) in [5, 5.41) is 8.02. The SMILES string of the molecule is COC(=O)C([N+]#N)C(N)=O. The van der Waals surface area contributed by atoms with Gasteiger partial charge in [-0.1, -0.05) is 0 Å². The number of carbonyl (C=O) groups is 2. The average molecular weight is 144 g/mol. The Hall–Kier alpha value is -1.64. The molecule has 0 aromatic carbocycles. The number of methoxy groups -OCH3 is 1. The van der Waals surface area contributed by atoms with Crippen LogP contribution in [0.4, 0.5) is 0 Å². The smallest absolute Gasteiger partial charge is 0.463 e. The zero-order valence-corrected chi connectivity index (χ0v) is 5.27. The number of rotatable bonds is 2. The summed E-state index contributed by atoms with van der Waals surface area (Å²) in [6.07, 6.45) is 0. The maximum Gasteiger partial charge on any atom is 0.483 e. The second kappa shape index (κ2) is 3.40. The minimum atomic E-state index is -1.61. The van der Waals surface area contributed by atoms with Gasteiger partial charge >= 0.3 is 17.9 Å². The van der Waals surface area contributed by atoms with Gasteiger partial charge in [0.1, 0.15) is 4.98 Å². The lowest BCUT2D eigenvalue weighted by atomic mass is 10.3. The summed E-state index contributed by atoms with van der Waals surface area (Å²) in [7, 11) is 1.06. The number of carbonyl (C=O) groups excluding carboxylic acids is 2. The van der Waals surface area contributed by atoms with Crippen LogP contribution in [0.5, 0.6) is 0 Å². The van der Waals surface area contributed by atoms with E-state index in [1.165, 1.54) is 0 Å². The topological polar surface area (TPSA) is 97.5 Å². The molecule has 0 aromatic heterocycles. The normalized spacial score (nSPS) is 11.2. The highest BCUT2D eigenvalue weighted by atomic mass is 16.5. The molecule has 1 atom stereocenters. The molecule has 1 amide bonds. The van der Waals surface area contributed by atoms with Gasteiger partial charge in [-0.15, -0.1) is 0 Å². The average Bonchev–Trinajstić information content (AvgIpc) is 1.88. The van der Waals surface area contributed by atoms with Crippen molar-refractivity contribution in [1.29, 1.82) is 5.39 Å². The van der Waals surface area contributed by atoms with Crippen molar-refractivity contribution in [2.24, 2.45) is 5.73 Å². The van der Waals surface area contributed by atoms with Crippen molar-refractivity contribution in [3.05, 3.63) is 4.98 Å². The summed E-state index contributed by atoms with van der Waals surface area (Å²) in [4.78, 5) is 23.0. The molecule has 0 heterocycles. The molecule has 6 nitrogen and oxygen atoms in total. The van der Waals surface area contributed by atoms with Crippen molar-refractivity contribution in [3.8, 4) is 0 Å². The lowest BCUT2D eigenvalue weighted by Crippen LogP contribution is -2.33. The number of ether oxygens (including phenoxy) is 1. The van der Waals surface area contributed by atoms with Crippen molar-refractivity contribution >= 4 is 11.9 Å². The van der Waals surface area contributed by atoms with Gasteiger partial charge < -0.3 is 10.5 Å². The van der Waals surface area contributed by atoms with Gasteiger partial charge in [-0.25, -0.2) is 4.79 Å². The third-order valence-electron chi connectivity index (χ3n) is 0.809. The van der Waals surface area contributed by atoms with E-state index in [0.29, 0.717) is 0 Å². The van der Waals surface area contributed by atoms with Gasteiger partial charge in [-0.3, -0.25) is 4.79 Å². The van der Waals surface area contributed by atoms with E-state index in [2.05, 4.69) is 15.4 Å². The first-order valence-corrected chi connectivity index (χ1v) is 2.34. The highest BCUT2D eigenvalue weighted by Crippen LogP contribution is 1.91. The van der Waals surface area contributed by atoms with Crippen molar-refractivity contribution in [3.63, 3.8) is 0 Å². The molecule has 0 aromatic rings. The summed E-state index contributed by atoms with van der Waals surface area (Å²) >= 11 is 0. The molecule has 2 N–H and O–H groups in total. The van der Waals surface area contributed by atoms with E-state index in [1.54, 1.807) is 0 Å². The molecule has 0 bridgehead atoms. The molecule has 0 radical (unpaired) electrons. The fourth-order valence-electron chi connectivity index (χ4n) is 0.332. The molecule has 0 rings (SSSR count). The maximum absolute atomic E-state index is 10.4. The number of diazo groups is 1. The monoisotopic (exact) mass is 144 g/mol. The van der Waals surface area contributed by atoms with Gasteiger partial charge in [0.15, 0.2) is 0 Å². The van der Waals surface area contributed by atoms with E-state index in [9.17, 15) is 9.59 Å². The Balaban J connectivity index is 4.25. The first-order chi connectivity index (χ1) is 4.63. The van der Waals surface area contributed by atoms with Gasteiger partial charge in [0.25, 0.3) is 0 Å². The number of nitrogens with two attached hydrogens (primary N) is 1. The molecular formula is C4H6N3O3+. The van der Waals surface area contributed by atoms with Gasteiger partial charge in [-0.2, -0.15) is 0 Å². The zero-order chi connectivity index (χ0) is 8.15. The Morgan fingerprint density at radius 2 is 2.20 bits per heavy atom. The Labute approximate surface area is 56.6 Å². The number of nitrogens with zero attached hydrogens (tertiary/aromatic N) is 2. The molecule has 0 saturated heterocycles. The maximum atomic E-state index is 10.4. The van der Waals surface area contributed by atoms with Crippen molar-refractivity contribution in [2.45, 2.75) is 6.04 Å². The Morgan fingerprint density at radius 3 is 2.30 bits per heavy atom. The summed E-state index contributed by atoms with van der Waals surface area (Å²) in [5.41, 5.74) is 4.63. The van der Waals surface area contributed by atoms with Crippen LogP contribution in [0.3, 0.4) is 0 Å². The number of hydrogen-bond donors (Lipinski definition) is 1. The molecule has 1 unspecified atom stereocenters. The van der Waals surface area contributed by atoms with E-state index in [0.717, 1.165) is 7.11 Å². The largest absolute Gasteiger partial charge is 0.483 e. The molecule has 0 aliphatic carbocycles. The van der Waals surface area contributed by atoms with E-state index < -0.39 is 17.9 Å². The number of hydrogen-bond acceptors (Lipinski definition) is 4. The van der Waals surface area contributed by atoms with Gasteiger partial charge in [0.2, 0.25) is 5.39 Å². The van der Waals surface area contributed by atoms with E-state index in [4.69, 9.17) is 5.39 Å². The van der Waals surface area contributed by atoms with E-state index in [1.807, 2.05) is 0 Å². The van der Waals surface area contributed by atoms with Gasteiger partial charge in [-0.05, 0) is 0 Å². The minimum Gasteiger partial charge on any atom is -0.463 e. The quantitative estimate of drug-likeness (QED) is 0.301. The first kappa shape index (κ1) is 8.36. The Morgan fingerprint density at radius 1 is 1.70 bits per heavy atom. The standard InChI is InChI=1S/C4H5N3O3/c1-10-4(9)2(7-6)3(5)8/h2H,1H3,(H-,5,8)/p+1. The molecular weight excluding hydrogens is 138 g/mol. The lowest BCUT2D eigenvalue weighted by molar-refractivity contribution is -0.143. The molecule has 0 fully saturated rings. The Kier molecular flexibility index (Phi) is 2.84.